The molecule has 0 N–H and O–H groups in total. The molecule has 0 aromatic heterocycles. The predicted octanol–water partition coefficient (Wildman–Crippen LogP) is 1.55. The maximum Gasteiger partial charge on any atom is 0.235 e. The van der Waals surface area contributed by atoms with Crippen LogP contribution in [-0.4, -0.2) is 6.08 Å². The lowest BCUT2D eigenvalue weighted by Crippen LogP contribution is -1.91. The molecule has 1 aliphatic heterocycles. The molecule has 0 saturated carbocycles. The highest BCUT2D eigenvalue weighted by Gasteiger charge is 2.13. The Morgan fingerprint density at radius 1 is 1.46 bits per heavy atom. The largest absolute Gasteiger partial charge is 0.372 e. The molecule has 66 valence electrons. The summed E-state index contributed by atoms with van der Waals surface area (Å²) >= 11 is 0. The van der Waals surface area contributed by atoms with Crippen molar-refractivity contribution in [1.82, 2.24) is 0 Å². The summed E-state index contributed by atoms with van der Waals surface area (Å²) in [4.78, 5) is 13.5. The number of hydrogen-bond donors (Lipinski definition) is 0. The number of fused-ring (bicyclic) bond motifs is 1. The monoisotopic (exact) mass is 175 g/mol. The van der Waals surface area contributed by atoms with Gasteiger partial charge in [0.15, 0.2) is 0 Å². The minimum absolute atomic E-state index is 0.413. The predicted molar refractivity (Wildman–Crippen MR) is 46.8 cm³/mol. The summed E-state index contributed by atoms with van der Waals surface area (Å²) in [6.45, 7) is 1.73. The molecule has 0 aliphatic carbocycles. The first-order valence-corrected chi connectivity index (χ1v) is 4.13. The van der Waals surface area contributed by atoms with Crippen molar-refractivity contribution >= 4 is 6.08 Å². The van der Waals surface area contributed by atoms with Gasteiger partial charge in [-0.1, -0.05) is 18.2 Å². The molecule has 1 aromatic carbocycles. The number of hydrogen-bond acceptors (Lipinski definition) is 3. The zero-order valence-corrected chi connectivity index (χ0v) is 7.12. The van der Waals surface area contributed by atoms with E-state index in [0.717, 1.165) is 5.56 Å². The van der Waals surface area contributed by atoms with E-state index in [9.17, 15) is 4.79 Å². The van der Waals surface area contributed by atoms with Gasteiger partial charge in [0.25, 0.3) is 0 Å². The highest BCUT2D eigenvalue weighted by Crippen LogP contribution is 2.23. The molecule has 0 spiro atoms. The lowest BCUT2D eigenvalue weighted by molar-refractivity contribution is 0.134. The van der Waals surface area contributed by atoms with Gasteiger partial charge in [-0.3, -0.25) is 0 Å². The molecular formula is C10H9NO2. The summed E-state index contributed by atoms with van der Waals surface area (Å²) < 4.78 is 5.30. The van der Waals surface area contributed by atoms with Crippen LogP contribution < -0.4 is 0 Å². The van der Waals surface area contributed by atoms with Crippen LogP contribution in [0, 0.1) is 0 Å². The van der Waals surface area contributed by atoms with Crippen LogP contribution in [0.2, 0.25) is 0 Å². The second-order valence-electron chi connectivity index (χ2n) is 2.96. The van der Waals surface area contributed by atoms with Gasteiger partial charge in [-0.15, -0.1) is 0 Å². The van der Waals surface area contributed by atoms with Gasteiger partial charge in [-0.2, -0.15) is 0 Å². The molecule has 1 aromatic rings. The van der Waals surface area contributed by atoms with Gasteiger partial charge in [-0.25, -0.2) is 9.79 Å². The van der Waals surface area contributed by atoms with Crippen molar-refractivity contribution in [1.29, 1.82) is 0 Å². The van der Waals surface area contributed by atoms with E-state index in [1.807, 2.05) is 18.2 Å². The molecule has 2 rings (SSSR count). The van der Waals surface area contributed by atoms with Crippen LogP contribution in [0.1, 0.15) is 16.7 Å². The van der Waals surface area contributed by atoms with E-state index in [4.69, 9.17) is 4.74 Å². The Morgan fingerprint density at radius 2 is 2.38 bits per heavy atom. The van der Waals surface area contributed by atoms with Gasteiger partial charge in [-0.05, 0) is 16.7 Å². The van der Waals surface area contributed by atoms with Crippen LogP contribution in [0.4, 0.5) is 0 Å². The Labute approximate surface area is 76.1 Å². The summed E-state index contributed by atoms with van der Waals surface area (Å²) in [5, 5.41) is 0. The number of rotatable bonds is 2. The summed E-state index contributed by atoms with van der Waals surface area (Å²) in [6, 6.07) is 5.97. The van der Waals surface area contributed by atoms with Gasteiger partial charge in [0.05, 0.1) is 19.8 Å². The van der Waals surface area contributed by atoms with Crippen molar-refractivity contribution in [3.63, 3.8) is 0 Å². The molecule has 1 aliphatic rings. The van der Waals surface area contributed by atoms with Crippen LogP contribution in [0.25, 0.3) is 0 Å². The van der Waals surface area contributed by atoms with Crippen LogP contribution in [-0.2, 0) is 29.3 Å². The van der Waals surface area contributed by atoms with E-state index in [1.54, 1.807) is 6.08 Å². The lowest BCUT2D eigenvalue weighted by Gasteiger charge is -2.01. The molecule has 0 radical (unpaired) electrons. The molecular weight excluding hydrogens is 166 g/mol. The number of aliphatic imine (C=N–C) groups is 1. The van der Waals surface area contributed by atoms with Crippen molar-refractivity contribution in [3.05, 3.63) is 34.9 Å². The number of carbonyl (C=O) groups excluding carboxylic acids is 1. The molecule has 3 heteroatoms. The topological polar surface area (TPSA) is 38.7 Å². The van der Waals surface area contributed by atoms with Crippen LogP contribution in [0.5, 0.6) is 0 Å². The second-order valence-corrected chi connectivity index (χ2v) is 2.96. The molecule has 0 bridgehead atoms. The average molecular weight is 175 g/mol. The summed E-state index contributed by atoms with van der Waals surface area (Å²) in [7, 11) is 0. The molecule has 0 fully saturated rings. The van der Waals surface area contributed by atoms with Gasteiger partial charge >= 0.3 is 0 Å². The molecule has 1 heterocycles. The van der Waals surface area contributed by atoms with Crippen molar-refractivity contribution < 1.29 is 9.53 Å². The minimum atomic E-state index is 0.413. The van der Waals surface area contributed by atoms with Crippen LogP contribution in [0.15, 0.2) is 23.2 Å². The third-order valence-corrected chi connectivity index (χ3v) is 2.19. The maximum atomic E-state index is 9.96. The van der Waals surface area contributed by atoms with E-state index in [-0.39, 0.29) is 0 Å². The Morgan fingerprint density at radius 3 is 3.23 bits per heavy atom. The van der Waals surface area contributed by atoms with E-state index in [2.05, 4.69) is 4.99 Å². The van der Waals surface area contributed by atoms with Crippen molar-refractivity contribution in [2.75, 3.05) is 0 Å². The molecule has 0 atom stereocenters. The van der Waals surface area contributed by atoms with Crippen LogP contribution in [0.3, 0.4) is 0 Å². The van der Waals surface area contributed by atoms with Crippen LogP contribution >= 0.6 is 0 Å². The second kappa shape index (κ2) is 3.52. The summed E-state index contributed by atoms with van der Waals surface area (Å²) in [6.07, 6.45) is 1.54. The summed E-state index contributed by atoms with van der Waals surface area (Å²) in [5.41, 5.74) is 3.46. The van der Waals surface area contributed by atoms with E-state index >= 15 is 0 Å². The van der Waals surface area contributed by atoms with Crippen molar-refractivity contribution in [2.24, 2.45) is 4.99 Å². The van der Waals surface area contributed by atoms with Gasteiger partial charge in [0, 0.05) is 0 Å². The van der Waals surface area contributed by atoms with E-state index in [1.165, 1.54) is 11.1 Å². The minimum Gasteiger partial charge on any atom is -0.372 e. The Hall–Kier alpha value is -1.44. The highest BCUT2D eigenvalue weighted by atomic mass is 16.5. The number of isocyanates is 1. The normalized spacial score (nSPS) is 13.5. The fraction of sp³-hybridized carbons (Fsp3) is 0.300. The van der Waals surface area contributed by atoms with E-state index in [0.29, 0.717) is 19.8 Å². The molecule has 0 saturated heterocycles. The standard InChI is InChI=1S/C10H9NO2/c12-7-11-4-8-2-1-3-9-5-13-6-10(8)9/h1-3H,4-6H2. The molecule has 13 heavy (non-hydrogen) atoms. The number of benzene rings is 1. The smallest absolute Gasteiger partial charge is 0.235 e. The SMILES string of the molecule is O=C=NCc1cccc2c1COC2. The first-order chi connectivity index (χ1) is 6.42. The zero-order chi connectivity index (χ0) is 9.10. The Kier molecular flexibility index (Phi) is 2.21. The molecule has 3 nitrogen and oxygen atoms in total. The van der Waals surface area contributed by atoms with Gasteiger partial charge in [0.1, 0.15) is 0 Å². The molecule has 0 unspecified atom stereocenters. The first-order valence-electron chi connectivity index (χ1n) is 4.13. The fourth-order valence-electron chi connectivity index (χ4n) is 1.54. The number of ether oxygens (including phenoxy) is 1. The Balaban J connectivity index is 2.35. The molecule has 0 amide bonds. The number of nitrogens with zero attached hydrogens (tertiary/aromatic N) is 1. The van der Waals surface area contributed by atoms with E-state index < -0.39 is 0 Å². The first kappa shape index (κ1) is 8.17. The maximum absolute atomic E-state index is 9.96. The van der Waals surface area contributed by atoms with Gasteiger partial charge < -0.3 is 4.74 Å². The fourth-order valence-corrected chi connectivity index (χ4v) is 1.54. The lowest BCUT2D eigenvalue weighted by atomic mass is 10.0. The van der Waals surface area contributed by atoms with Gasteiger partial charge in [0.2, 0.25) is 6.08 Å². The highest BCUT2D eigenvalue weighted by molar-refractivity contribution is 5.38. The van der Waals surface area contributed by atoms with Crippen molar-refractivity contribution in [3.8, 4) is 0 Å². The van der Waals surface area contributed by atoms with Crippen molar-refractivity contribution in [2.45, 2.75) is 19.8 Å². The zero-order valence-electron chi connectivity index (χ0n) is 7.12. The summed E-state index contributed by atoms with van der Waals surface area (Å²) in [5.74, 6) is 0. The quantitative estimate of drug-likeness (QED) is 0.505. The average Bonchev–Trinajstić information content (AvgIpc) is 2.62. The Bertz CT molecular complexity index is 367. The third-order valence-electron chi connectivity index (χ3n) is 2.19. The third kappa shape index (κ3) is 1.52.